The number of hydrogen-bond acceptors (Lipinski definition) is 2. The van der Waals surface area contributed by atoms with E-state index >= 15 is 0 Å². The number of amides is 2. The van der Waals surface area contributed by atoms with Gasteiger partial charge in [-0.05, 0) is 12.1 Å². The molecule has 1 heterocycles. The Bertz CT molecular complexity index is 682. The number of benzene rings is 2. The van der Waals surface area contributed by atoms with Gasteiger partial charge in [-0.15, -0.1) is 0 Å². The maximum Gasteiger partial charge on any atom is 0.319 e. The van der Waals surface area contributed by atoms with Gasteiger partial charge >= 0.3 is 6.03 Å². The van der Waals surface area contributed by atoms with E-state index in [2.05, 4.69) is 41.0 Å². The van der Waals surface area contributed by atoms with Crippen LogP contribution >= 0.6 is 0 Å². The Hall–Kier alpha value is -2.53. The summed E-state index contributed by atoms with van der Waals surface area (Å²) in [5.74, 6) is 0.666. The average Bonchev–Trinajstić information content (AvgIpc) is 2.64. The first kappa shape index (κ1) is 17.3. The van der Waals surface area contributed by atoms with E-state index in [9.17, 15) is 4.79 Å². The fourth-order valence-electron chi connectivity index (χ4n) is 3.32. The molecule has 5 nitrogen and oxygen atoms in total. The Morgan fingerprint density at radius 1 is 1.08 bits per heavy atom. The topological polar surface area (TPSA) is 54.8 Å². The minimum Gasteiger partial charge on any atom is -0.495 e. The number of hydrogen-bond donors (Lipinski definition) is 3. The molecule has 1 aliphatic rings. The number of rotatable bonds is 5. The highest BCUT2D eigenvalue weighted by Crippen LogP contribution is 2.22. The van der Waals surface area contributed by atoms with Gasteiger partial charge in [-0.25, -0.2) is 4.79 Å². The maximum atomic E-state index is 12.2. The summed E-state index contributed by atoms with van der Waals surface area (Å²) in [4.78, 5) is 13.8. The van der Waals surface area contributed by atoms with Crippen molar-refractivity contribution in [2.75, 3.05) is 25.5 Å². The van der Waals surface area contributed by atoms with Crippen molar-refractivity contribution in [1.29, 1.82) is 0 Å². The molecule has 0 saturated carbocycles. The first-order valence-corrected chi connectivity index (χ1v) is 8.82. The Balaban J connectivity index is 1.45. The van der Waals surface area contributed by atoms with Gasteiger partial charge < -0.3 is 20.3 Å². The molecular formula is C20H26N3O2+. The van der Waals surface area contributed by atoms with E-state index in [4.69, 9.17) is 4.74 Å². The molecule has 25 heavy (non-hydrogen) atoms. The Labute approximate surface area is 149 Å². The van der Waals surface area contributed by atoms with E-state index < -0.39 is 0 Å². The second-order valence-corrected chi connectivity index (χ2v) is 6.49. The lowest BCUT2D eigenvalue weighted by atomic mass is 10.0. The lowest BCUT2D eigenvalue weighted by molar-refractivity contribution is -0.918. The van der Waals surface area contributed by atoms with Crippen molar-refractivity contribution in [3.63, 3.8) is 0 Å². The standard InChI is InChI=1S/C20H25N3O2/c1-25-19-10-6-5-9-18(19)22-20(24)21-17-11-13-23(14-12-17)15-16-7-3-2-4-8-16/h2-10,17H,11-15H2,1H3,(H2,21,22,24)/p+1. The molecule has 1 fully saturated rings. The zero-order valence-electron chi connectivity index (χ0n) is 14.6. The molecule has 2 amide bonds. The number of para-hydroxylation sites is 2. The number of urea groups is 1. The third-order valence-electron chi connectivity index (χ3n) is 4.68. The summed E-state index contributed by atoms with van der Waals surface area (Å²) in [6.07, 6.45) is 2.00. The predicted octanol–water partition coefficient (Wildman–Crippen LogP) is 2.06. The molecular weight excluding hydrogens is 314 g/mol. The molecule has 0 atom stereocenters. The monoisotopic (exact) mass is 340 g/mol. The van der Waals surface area contributed by atoms with Crippen LogP contribution in [-0.2, 0) is 6.54 Å². The van der Waals surface area contributed by atoms with E-state index in [1.165, 1.54) is 5.56 Å². The van der Waals surface area contributed by atoms with E-state index in [0.29, 0.717) is 11.4 Å². The second-order valence-electron chi connectivity index (χ2n) is 6.49. The van der Waals surface area contributed by atoms with Crippen LogP contribution in [0.2, 0.25) is 0 Å². The van der Waals surface area contributed by atoms with Crippen LogP contribution in [0.5, 0.6) is 5.75 Å². The maximum absolute atomic E-state index is 12.2. The van der Waals surface area contributed by atoms with Crippen molar-refractivity contribution in [1.82, 2.24) is 5.32 Å². The summed E-state index contributed by atoms with van der Waals surface area (Å²) in [5.41, 5.74) is 2.06. The number of nitrogens with one attached hydrogen (secondary N) is 3. The molecule has 0 unspecified atom stereocenters. The molecule has 0 aliphatic carbocycles. The van der Waals surface area contributed by atoms with Gasteiger partial charge in [0.2, 0.25) is 0 Å². The highest BCUT2D eigenvalue weighted by molar-refractivity contribution is 5.91. The lowest BCUT2D eigenvalue weighted by Crippen LogP contribution is -3.12. The van der Waals surface area contributed by atoms with Gasteiger partial charge in [0.05, 0.1) is 25.9 Å². The van der Waals surface area contributed by atoms with Crippen LogP contribution in [0.3, 0.4) is 0 Å². The van der Waals surface area contributed by atoms with Crippen LogP contribution in [0.25, 0.3) is 0 Å². The van der Waals surface area contributed by atoms with Crippen molar-refractivity contribution >= 4 is 11.7 Å². The summed E-state index contributed by atoms with van der Waals surface area (Å²) in [5, 5.41) is 5.96. The normalized spacial score (nSPS) is 19.9. The molecule has 2 aromatic rings. The van der Waals surface area contributed by atoms with E-state index in [-0.39, 0.29) is 12.1 Å². The quantitative estimate of drug-likeness (QED) is 0.780. The summed E-state index contributed by atoms with van der Waals surface area (Å²) in [7, 11) is 1.60. The molecule has 0 spiro atoms. The summed E-state index contributed by atoms with van der Waals surface area (Å²) < 4.78 is 5.26. The van der Waals surface area contributed by atoms with Crippen LogP contribution in [0.15, 0.2) is 54.6 Å². The Kier molecular flexibility index (Phi) is 5.90. The first-order valence-electron chi connectivity index (χ1n) is 8.82. The highest BCUT2D eigenvalue weighted by atomic mass is 16.5. The second kappa shape index (κ2) is 8.53. The van der Waals surface area contributed by atoms with Crippen LogP contribution < -0.4 is 20.3 Å². The first-order chi connectivity index (χ1) is 12.2. The smallest absolute Gasteiger partial charge is 0.319 e. The number of ether oxygens (including phenoxy) is 1. The molecule has 132 valence electrons. The Morgan fingerprint density at radius 2 is 1.76 bits per heavy atom. The van der Waals surface area contributed by atoms with Crippen molar-refractivity contribution in [3.05, 3.63) is 60.2 Å². The molecule has 0 aromatic heterocycles. The summed E-state index contributed by atoms with van der Waals surface area (Å²) in [6, 6.07) is 18.1. The summed E-state index contributed by atoms with van der Waals surface area (Å²) in [6.45, 7) is 3.21. The van der Waals surface area contributed by atoms with Gasteiger partial charge in [-0.2, -0.15) is 0 Å². The zero-order valence-corrected chi connectivity index (χ0v) is 14.6. The SMILES string of the molecule is COc1ccccc1NC(=O)NC1CC[NH+](Cc2ccccc2)CC1. The third kappa shape index (κ3) is 4.97. The molecule has 0 radical (unpaired) electrons. The minimum atomic E-state index is -0.166. The van der Waals surface area contributed by atoms with E-state index in [1.807, 2.05) is 24.3 Å². The largest absolute Gasteiger partial charge is 0.495 e. The van der Waals surface area contributed by atoms with E-state index in [1.54, 1.807) is 12.0 Å². The lowest BCUT2D eigenvalue weighted by Gasteiger charge is -2.29. The molecule has 0 bridgehead atoms. The average molecular weight is 340 g/mol. The molecule has 3 N–H and O–H groups in total. The molecule has 1 aliphatic heterocycles. The number of methoxy groups -OCH3 is 1. The molecule has 5 heteroatoms. The number of carbonyl (C=O) groups excluding carboxylic acids is 1. The van der Waals surface area contributed by atoms with Crippen molar-refractivity contribution in [2.24, 2.45) is 0 Å². The van der Waals surface area contributed by atoms with Gasteiger partial charge in [-0.3, -0.25) is 0 Å². The fraction of sp³-hybridized carbons (Fsp3) is 0.350. The van der Waals surface area contributed by atoms with Crippen LogP contribution in [0.4, 0.5) is 10.5 Å². The zero-order chi connectivity index (χ0) is 17.5. The fourth-order valence-corrected chi connectivity index (χ4v) is 3.32. The van der Waals surface area contributed by atoms with Gasteiger partial charge in [0, 0.05) is 24.4 Å². The van der Waals surface area contributed by atoms with Crippen molar-refractivity contribution < 1.29 is 14.4 Å². The van der Waals surface area contributed by atoms with Crippen molar-refractivity contribution in [3.8, 4) is 5.75 Å². The number of anilines is 1. The number of piperidine rings is 1. The van der Waals surface area contributed by atoms with Gasteiger partial charge in [-0.1, -0.05) is 42.5 Å². The minimum absolute atomic E-state index is 0.166. The van der Waals surface area contributed by atoms with Crippen LogP contribution in [0, 0.1) is 0 Å². The number of likely N-dealkylation sites (tertiary alicyclic amines) is 1. The van der Waals surface area contributed by atoms with Crippen LogP contribution in [0.1, 0.15) is 18.4 Å². The molecule has 1 saturated heterocycles. The van der Waals surface area contributed by atoms with Crippen LogP contribution in [-0.4, -0.2) is 32.3 Å². The number of carbonyl (C=O) groups is 1. The predicted molar refractivity (Wildman–Crippen MR) is 99.0 cm³/mol. The summed E-state index contributed by atoms with van der Waals surface area (Å²) >= 11 is 0. The number of quaternary nitrogens is 1. The van der Waals surface area contributed by atoms with Crippen molar-refractivity contribution in [2.45, 2.75) is 25.4 Å². The Morgan fingerprint density at radius 3 is 2.48 bits per heavy atom. The van der Waals surface area contributed by atoms with Gasteiger partial charge in [0.15, 0.2) is 0 Å². The van der Waals surface area contributed by atoms with Gasteiger partial charge in [0.1, 0.15) is 12.3 Å². The highest BCUT2D eigenvalue weighted by Gasteiger charge is 2.23. The third-order valence-corrected chi connectivity index (χ3v) is 4.68. The molecule has 2 aromatic carbocycles. The molecule has 3 rings (SSSR count). The van der Waals surface area contributed by atoms with E-state index in [0.717, 1.165) is 32.5 Å². The van der Waals surface area contributed by atoms with Gasteiger partial charge in [0.25, 0.3) is 0 Å².